The zero-order valence-electron chi connectivity index (χ0n) is 7.09. The van der Waals surface area contributed by atoms with Crippen molar-refractivity contribution in [2.24, 2.45) is 5.92 Å². The van der Waals surface area contributed by atoms with E-state index in [0.29, 0.717) is 0 Å². The minimum Gasteiger partial charge on any atom is -0.461 e. The van der Waals surface area contributed by atoms with E-state index in [1.54, 1.807) is 0 Å². The van der Waals surface area contributed by atoms with E-state index in [1.807, 2.05) is 13.8 Å². The fraction of sp³-hybridized carbons (Fsp3) is 0.875. The highest BCUT2D eigenvalue weighted by molar-refractivity contribution is 5.71. The van der Waals surface area contributed by atoms with E-state index < -0.39 is 0 Å². The summed E-state index contributed by atoms with van der Waals surface area (Å²) in [7, 11) is 0. The lowest BCUT2D eigenvalue weighted by atomic mass is 10.2. The van der Waals surface area contributed by atoms with Gasteiger partial charge in [-0.25, -0.2) is 0 Å². The predicted octanol–water partition coefficient (Wildman–Crippen LogP) is 0.547. The molecule has 1 aliphatic heterocycles. The van der Waals surface area contributed by atoms with Gasteiger partial charge in [0.2, 0.25) is 0 Å². The first-order chi connectivity index (χ1) is 5.20. The largest absolute Gasteiger partial charge is 0.461 e. The number of esters is 1. The number of nitrogens with one attached hydrogen (secondary N) is 1. The molecule has 64 valence electrons. The summed E-state index contributed by atoms with van der Waals surface area (Å²) in [6.07, 6.45) is 1.07. The van der Waals surface area contributed by atoms with Crippen molar-refractivity contribution in [3.8, 4) is 0 Å². The topological polar surface area (TPSA) is 38.3 Å². The van der Waals surface area contributed by atoms with Crippen molar-refractivity contribution in [1.82, 2.24) is 5.32 Å². The van der Waals surface area contributed by atoms with Crippen LogP contribution < -0.4 is 5.32 Å². The molecule has 0 unspecified atom stereocenters. The van der Waals surface area contributed by atoms with Gasteiger partial charge in [-0.05, 0) is 13.0 Å². The molecule has 3 nitrogen and oxygen atoms in total. The summed E-state index contributed by atoms with van der Waals surface area (Å²) in [5.41, 5.74) is 0. The maximum Gasteiger partial charge on any atom is 0.308 e. The summed E-state index contributed by atoms with van der Waals surface area (Å²) in [4.78, 5) is 11.0. The Morgan fingerprint density at radius 3 is 2.82 bits per heavy atom. The molecule has 1 aliphatic rings. The minimum absolute atomic E-state index is 0.00407. The molecule has 0 aromatic rings. The lowest BCUT2D eigenvalue weighted by Crippen LogP contribution is -2.23. The zero-order chi connectivity index (χ0) is 8.27. The fourth-order valence-electron chi connectivity index (χ4n) is 1.03. The van der Waals surface area contributed by atoms with Gasteiger partial charge in [-0.2, -0.15) is 0 Å². The van der Waals surface area contributed by atoms with Crippen LogP contribution in [0.25, 0.3) is 0 Å². The smallest absolute Gasteiger partial charge is 0.308 e. The highest BCUT2D eigenvalue weighted by atomic mass is 16.5. The zero-order valence-corrected chi connectivity index (χ0v) is 7.09. The first-order valence-corrected chi connectivity index (χ1v) is 4.11. The molecule has 0 saturated carbocycles. The summed E-state index contributed by atoms with van der Waals surface area (Å²) in [6, 6.07) is 0. The summed E-state index contributed by atoms with van der Waals surface area (Å²) < 4.78 is 5.17. The lowest BCUT2D eigenvalue weighted by Gasteiger charge is -2.11. The Hall–Kier alpha value is -0.570. The maximum atomic E-state index is 11.0. The van der Waals surface area contributed by atoms with E-state index >= 15 is 0 Å². The Labute approximate surface area is 67.1 Å². The molecule has 0 aromatic heterocycles. The minimum atomic E-state index is -0.0845. The molecule has 1 atom stereocenters. The van der Waals surface area contributed by atoms with Crippen LogP contribution in [-0.4, -0.2) is 25.2 Å². The van der Waals surface area contributed by atoms with Crippen molar-refractivity contribution >= 4 is 5.97 Å². The SMILES string of the molecule is CC(C)C(=O)O[C@H]1CCNC1. The molecular formula is C8H15NO2. The van der Waals surface area contributed by atoms with Crippen LogP contribution in [0.2, 0.25) is 0 Å². The van der Waals surface area contributed by atoms with E-state index in [2.05, 4.69) is 5.32 Å². The van der Waals surface area contributed by atoms with Gasteiger partial charge in [0.25, 0.3) is 0 Å². The van der Waals surface area contributed by atoms with Gasteiger partial charge in [0, 0.05) is 6.54 Å². The van der Waals surface area contributed by atoms with Gasteiger partial charge in [0.15, 0.2) is 0 Å². The van der Waals surface area contributed by atoms with Crippen LogP contribution in [0.5, 0.6) is 0 Å². The average Bonchev–Trinajstić information content (AvgIpc) is 2.39. The van der Waals surface area contributed by atoms with Crippen LogP contribution in [0.4, 0.5) is 0 Å². The second-order valence-electron chi connectivity index (χ2n) is 3.21. The van der Waals surface area contributed by atoms with Gasteiger partial charge < -0.3 is 10.1 Å². The van der Waals surface area contributed by atoms with E-state index in [1.165, 1.54) is 0 Å². The lowest BCUT2D eigenvalue weighted by molar-refractivity contribution is -0.151. The molecule has 1 rings (SSSR count). The number of rotatable bonds is 2. The molecule has 0 bridgehead atoms. The first kappa shape index (κ1) is 8.53. The second-order valence-corrected chi connectivity index (χ2v) is 3.21. The molecule has 1 N–H and O–H groups in total. The Kier molecular flexibility index (Phi) is 2.88. The summed E-state index contributed by atoms with van der Waals surface area (Å²) in [5, 5.41) is 3.14. The van der Waals surface area contributed by atoms with Crippen molar-refractivity contribution < 1.29 is 9.53 Å². The van der Waals surface area contributed by atoms with E-state index in [0.717, 1.165) is 19.5 Å². The number of hydrogen-bond donors (Lipinski definition) is 1. The molecule has 11 heavy (non-hydrogen) atoms. The van der Waals surface area contributed by atoms with Crippen LogP contribution in [0.15, 0.2) is 0 Å². The van der Waals surface area contributed by atoms with Crippen molar-refractivity contribution in [2.75, 3.05) is 13.1 Å². The third-order valence-electron chi connectivity index (χ3n) is 1.77. The van der Waals surface area contributed by atoms with Crippen molar-refractivity contribution in [3.63, 3.8) is 0 Å². The Balaban J connectivity index is 2.24. The molecule has 0 aromatic carbocycles. The third kappa shape index (κ3) is 2.50. The predicted molar refractivity (Wildman–Crippen MR) is 42.2 cm³/mol. The van der Waals surface area contributed by atoms with Gasteiger partial charge >= 0.3 is 5.97 Å². The third-order valence-corrected chi connectivity index (χ3v) is 1.77. The molecule has 0 amide bonds. The molecule has 3 heteroatoms. The number of hydrogen-bond acceptors (Lipinski definition) is 3. The quantitative estimate of drug-likeness (QED) is 0.595. The Bertz CT molecular complexity index is 139. The molecule has 0 aliphatic carbocycles. The van der Waals surface area contributed by atoms with Gasteiger partial charge in [-0.3, -0.25) is 4.79 Å². The van der Waals surface area contributed by atoms with E-state index in [9.17, 15) is 4.79 Å². The highest BCUT2D eigenvalue weighted by Crippen LogP contribution is 2.06. The summed E-state index contributed by atoms with van der Waals surface area (Å²) >= 11 is 0. The van der Waals surface area contributed by atoms with Crippen molar-refractivity contribution in [1.29, 1.82) is 0 Å². The first-order valence-electron chi connectivity index (χ1n) is 4.11. The maximum absolute atomic E-state index is 11.0. The van der Waals surface area contributed by atoms with Crippen molar-refractivity contribution in [3.05, 3.63) is 0 Å². The van der Waals surface area contributed by atoms with Gasteiger partial charge in [-0.15, -0.1) is 0 Å². The highest BCUT2D eigenvalue weighted by Gasteiger charge is 2.19. The normalized spacial score (nSPS) is 24.1. The molecular weight excluding hydrogens is 142 g/mol. The number of carbonyl (C=O) groups excluding carboxylic acids is 1. The van der Waals surface area contributed by atoms with Crippen LogP contribution in [0, 0.1) is 5.92 Å². The molecule has 0 spiro atoms. The fourth-order valence-corrected chi connectivity index (χ4v) is 1.03. The van der Waals surface area contributed by atoms with Crippen LogP contribution in [-0.2, 0) is 9.53 Å². The monoisotopic (exact) mass is 157 g/mol. The van der Waals surface area contributed by atoms with Gasteiger partial charge in [0.1, 0.15) is 6.10 Å². The van der Waals surface area contributed by atoms with Gasteiger partial charge in [-0.1, -0.05) is 13.8 Å². The molecule has 0 radical (unpaired) electrons. The summed E-state index contributed by atoms with van der Waals surface area (Å²) in [6.45, 7) is 5.49. The molecule has 1 saturated heterocycles. The summed E-state index contributed by atoms with van der Waals surface area (Å²) in [5.74, 6) is -0.0886. The Morgan fingerprint density at radius 1 is 1.64 bits per heavy atom. The number of carbonyl (C=O) groups is 1. The van der Waals surface area contributed by atoms with Crippen LogP contribution in [0.3, 0.4) is 0 Å². The second kappa shape index (κ2) is 3.72. The van der Waals surface area contributed by atoms with Crippen molar-refractivity contribution in [2.45, 2.75) is 26.4 Å². The van der Waals surface area contributed by atoms with Crippen LogP contribution >= 0.6 is 0 Å². The molecule has 1 fully saturated rings. The molecule has 1 heterocycles. The van der Waals surface area contributed by atoms with Gasteiger partial charge in [0.05, 0.1) is 5.92 Å². The van der Waals surface area contributed by atoms with E-state index in [4.69, 9.17) is 4.74 Å². The number of ether oxygens (including phenoxy) is 1. The Morgan fingerprint density at radius 2 is 2.36 bits per heavy atom. The van der Waals surface area contributed by atoms with Crippen LogP contribution in [0.1, 0.15) is 20.3 Å². The average molecular weight is 157 g/mol. The van der Waals surface area contributed by atoms with E-state index in [-0.39, 0.29) is 18.0 Å². The standard InChI is InChI=1S/C8H15NO2/c1-6(2)8(10)11-7-3-4-9-5-7/h6-7,9H,3-5H2,1-2H3/t7-/m0/s1.